The van der Waals surface area contributed by atoms with Crippen LogP contribution in [0.5, 0.6) is 11.5 Å². The summed E-state index contributed by atoms with van der Waals surface area (Å²) in [5.74, 6) is -25.3. The van der Waals surface area contributed by atoms with Crippen LogP contribution in [0.2, 0.25) is 12.6 Å². The van der Waals surface area contributed by atoms with E-state index in [4.69, 9.17) is 18.0 Å². The Morgan fingerprint density at radius 1 is 0.756 bits per heavy atom. The summed E-state index contributed by atoms with van der Waals surface area (Å²) in [7, 11) is -1.38. The Bertz CT molecular complexity index is 1540. The minimum absolute atomic E-state index is 0.0959. The fourth-order valence-corrected chi connectivity index (χ4v) is 5.36. The van der Waals surface area contributed by atoms with Crippen molar-refractivity contribution >= 4 is 19.5 Å². The number of hydrogen-bond donors (Lipinski definition) is 0. The van der Waals surface area contributed by atoms with Gasteiger partial charge in [-0.05, 0) is 36.9 Å². The highest BCUT2D eigenvalue weighted by Crippen LogP contribution is 2.55. The predicted molar refractivity (Wildman–Crippen MR) is 140 cm³/mol. The molecule has 1 aromatic heterocycles. The lowest BCUT2D eigenvalue weighted by Gasteiger charge is -2.37. The van der Waals surface area contributed by atoms with Crippen molar-refractivity contribution in [1.29, 1.82) is 0 Å². The molecule has 3 rings (SSSR count). The first-order valence-electron chi connectivity index (χ1n) is 12.8. The predicted octanol–water partition coefficient (Wildman–Crippen LogP) is 8.42. The zero-order valence-electron chi connectivity index (χ0n) is 23.6. The first-order chi connectivity index (χ1) is 20.6. The molecule has 0 unspecified atom stereocenters. The van der Waals surface area contributed by atoms with Gasteiger partial charge in [0.1, 0.15) is 17.1 Å². The molecule has 0 amide bonds. The van der Waals surface area contributed by atoms with Crippen LogP contribution < -0.4 is 15.1 Å². The van der Waals surface area contributed by atoms with Gasteiger partial charge in [0.15, 0.2) is 0 Å². The Balaban J connectivity index is 1.76. The number of alkyl halides is 11. The van der Waals surface area contributed by atoms with E-state index in [-0.39, 0.29) is 27.8 Å². The second kappa shape index (κ2) is 12.8. The summed E-state index contributed by atoms with van der Waals surface area (Å²) < 4.78 is 176. The van der Waals surface area contributed by atoms with E-state index in [1.54, 1.807) is 0 Å². The van der Waals surface area contributed by atoms with Crippen molar-refractivity contribution in [2.24, 2.45) is 0 Å². The molecule has 2 aromatic carbocycles. The topological polar surface area (TPSA) is 67.1 Å². The van der Waals surface area contributed by atoms with Crippen LogP contribution in [0.25, 0.3) is 22.1 Å². The molecular formula is C27H25F11O6Si. The van der Waals surface area contributed by atoms with Gasteiger partial charge in [-0.15, -0.1) is 13.2 Å². The van der Waals surface area contributed by atoms with E-state index >= 15 is 0 Å². The molecule has 0 aliphatic heterocycles. The molecule has 45 heavy (non-hydrogen) atoms. The average Bonchev–Trinajstić information content (AvgIpc) is 2.94. The number of halogens is 11. The maximum absolute atomic E-state index is 14.4. The molecule has 0 bridgehead atoms. The number of benzene rings is 2. The van der Waals surface area contributed by atoms with Crippen LogP contribution in [0, 0.1) is 0 Å². The van der Waals surface area contributed by atoms with E-state index in [1.807, 2.05) is 0 Å². The lowest BCUT2D eigenvalue weighted by Crippen LogP contribution is -2.62. The molecule has 18 heteroatoms. The summed E-state index contributed by atoms with van der Waals surface area (Å²) in [6.45, 7) is -0.173. The summed E-state index contributed by atoms with van der Waals surface area (Å²) in [6.07, 6.45) is -9.11. The van der Waals surface area contributed by atoms with Crippen LogP contribution in [0.3, 0.4) is 0 Å². The van der Waals surface area contributed by atoms with Crippen LogP contribution >= 0.6 is 0 Å². The second-order valence-corrected chi connectivity index (χ2v) is 13.5. The summed E-state index contributed by atoms with van der Waals surface area (Å²) in [6, 6.07) is 8.07. The number of ether oxygens (including phenoxy) is 2. The molecule has 0 saturated heterocycles. The highest BCUT2D eigenvalue weighted by Gasteiger charge is 2.79. The minimum Gasteiger partial charge on any atom is -0.493 e. The summed E-state index contributed by atoms with van der Waals surface area (Å²) in [5, 5.41) is 0.0959. The standard InChI is InChI=1S/C27H25F11O6Si/c1-40-45(3,41-2)13-11-24(30,31)26(34,35)25(32,33)23(28,29)10-12-42-17-9-8-16-14-19(22(39)43-21(16)15-17)18-6-4-5-7-20(18)44-27(36,37)38/h4-9,14-15H,10-13H2,1-3H3. The molecule has 0 radical (unpaired) electrons. The molecule has 250 valence electrons. The third kappa shape index (κ3) is 7.71. The van der Waals surface area contributed by atoms with Crippen LogP contribution in [-0.4, -0.2) is 59.4 Å². The molecule has 0 N–H and O–H groups in total. The van der Waals surface area contributed by atoms with Crippen LogP contribution in [0.15, 0.2) is 57.7 Å². The van der Waals surface area contributed by atoms with Gasteiger partial charge in [-0.2, -0.15) is 35.1 Å². The molecule has 0 aliphatic rings. The Morgan fingerprint density at radius 3 is 1.91 bits per heavy atom. The molecule has 6 nitrogen and oxygen atoms in total. The van der Waals surface area contributed by atoms with Crippen molar-refractivity contribution < 1.29 is 71.0 Å². The Morgan fingerprint density at radius 2 is 1.33 bits per heavy atom. The van der Waals surface area contributed by atoms with Gasteiger partial charge < -0.3 is 22.7 Å². The van der Waals surface area contributed by atoms with E-state index in [0.29, 0.717) is 0 Å². The maximum atomic E-state index is 14.4. The monoisotopic (exact) mass is 682 g/mol. The highest BCUT2D eigenvalue weighted by molar-refractivity contribution is 6.65. The van der Waals surface area contributed by atoms with Gasteiger partial charge in [0, 0.05) is 37.7 Å². The van der Waals surface area contributed by atoms with E-state index in [1.165, 1.54) is 24.7 Å². The van der Waals surface area contributed by atoms with Crippen molar-refractivity contribution in [2.45, 2.75) is 55.5 Å². The summed E-state index contributed by atoms with van der Waals surface area (Å²) >= 11 is 0. The normalized spacial score (nSPS) is 13.7. The van der Waals surface area contributed by atoms with Gasteiger partial charge in [-0.25, -0.2) is 4.79 Å². The van der Waals surface area contributed by atoms with Gasteiger partial charge in [0.2, 0.25) is 0 Å². The third-order valence-corrected chi connectivity index (χ3v) is 9.75. The smallest absolute Gasteiger partial charge is 0.493 e. The van der Waals surface area contributed by atoms with Crippen molar-refractivity contribution in [3.05, 3.63) is 59.0 Å². The number of fused-ring (bicyclic) bond motifs is 1. The molecule has 0 aliphatic carbocycles. The Hall–Kier alpha value is -3.38. The maximum Gasteiger partial charge on any atom is 0.573 e. The van der Waals surface area contributed by atoms with E-state index < -0.39 is 75.5 Å². The van der Waals surface area contributed by atoms with Crippen molar-refractivity contribution in [3.63, 3.8) is 0 Å². The lowest BCUT2D eigenvalue weighted by molar-refractivity contribution is -0.367. The molecule has 1 heterocycles. The SMILES string of the molecule is CO[Si](C)(CCC(F)(F)C(F)(F)C(F)(F)C(F)(F)CCOc1ccc2cc(-c3ccccc3OC(F)(F)F)c(=O)oc2c1)OC. The minimum atomic E-state index is -6.51. The van der Waals surface area contributed by atoms with Gasteiger partial charge >= 0.3 is 44.2 Å². The first kappa shape index (κ1) is 36.1. The Kier molecular flexibility index (Phi) is 10.3. The molecule has 0 spiro atoms. The first-order valence-corrected chi connectivity index (χ1v) is 15.3. The molecular weight excluding hydrogens is 657 g/mol. The van der Waals surface area contributed by atoms with Gasteiger partial charge in [-0.1, -0.05) is 18.2 Å². The fraction of sp³-hybridized carbons (Fsp3) is 0.444. The van der Waals surface area contributed by atoms with Crippen LogP contribution in [0.4, 0.5) is 48.3 Å². The lowest BCUT2D eigenvalue weighted by atomic mass is 9.95. The van der Waals surface area contributed by atoms with Crippen molar-refractivity contribution in [2.75, 3.05) is 20.8 Å². The zero-order chi connectivity index (χ0) is 34.1. The van der Waals surface area contributed by atoms with Crippen molar-refractivity contribution in [3.8, 4) is 22.6 Å². The molecule has 3 aromatic rings. The Labute approximate surface area is 248 Å². The summed E-state index contributed by atoms with van der Waals surface area (Å²) in [4.78, 5) is 12.6. The number of para-hydroxylation sites is 1. The largest absolute Gasteiger partial charge is 0.573 e. The zero-order valence-corrected chi connectivity index (χ0v) is 24.6. The van der Waals surface area contributed by atoms with Gasteiger partial charge in [0.25, 0.3) is 0 Å². The molecule has 0 saturated carbocycles. The second-order valence-electron chi connectivity index (χ2n) is 9.89. The third-order valence-electron chi connectivity index (χ3n) is 6.86. The highest BCUT2D eigenvalue weighted by atomic mass is 28.4. The number of rotatable bonds is 14. The van der Waals surface area contributed by atoms with Crippen LogP contribution in [-0.2, 0) is 8.85 Å². The van der Waals surface area contributed by atoms with E-state index in [0.717, 1.165) is 44.6 Å². The fourth-order valence-electron chi connectivity index (χ4n) is 4.01. The van der Waals surface area contributed by atoms with Crippen molar-refractivity contribution in [1.82, 2.24) is 0 Å². The molecule has 0 atom stereocenters. The quantitative estimate of drug-likeness (QED) is 0.0967. The summed E-state index contributed by atoms with van der Waals surface area (Å²) in [5.41, 5.74) is -2.04. The molecule has 0 fully saturated rings. The van der Waals surface area contributed by atoms with Gasteiger partial charge in [0.05, 0.1) is 18.6 Å². The van der Waals surface area contributed by atoms with Crippen LogP contribution in [0.1, 0.15) is 12.8 Å². The van der Waals surface area contributed by atoms with E-state index in [2.05, 4.69) is 4.74 Å². The van der Waals surface area contributed by atoms with Gasteiger partial charge in [-0.3, -0.25) is 0 Å². The number of hydrogen-bond acceptors (Lipinski definition) is 6. The average molecular weight is 683 g/mol. The van der Waals surface area contributed by atoms with E-state index in [9.17, 15) is 53.1 Å².